The number of aromatic nitrogens is 2. The van der Waals surface area contributed by atoms with E-state index in [4.69, 9.17) is 0 Å². The van der Waals surface area contributed by atoms with E-state index in [0.717, 1.165) is 10.6 Å². The van der Waals surface area contributed by atoms with Crippen molar-refractivity contribution < 1.29 is 13.6 Å². The highest BCUT2D eigenvalue weighted by atomic mass is 32.2. The van der Waals surface area contributed by atoms with Gasteiger partial charge in [-0.05, 0) is 37.3 Å². The number of nitrogens with one attached hydrogen (secondary N) is 2. The van der Waals surface area contributed by atoms with Gasteiger partial charge < -0.3 is 10.3 Å². The van der Waals surface area contributed by atoms with Crippen LogP contribution in [0.2, 0.25) is 0 Å². The van der Waals surface area contributed by atoms with Crippen LogP contribution < -0.4 is 5.32 Å². The Bertz CT molecular complexity index is 878. The number of carbonyl (C=O) groups excluding carboxylic acids is 1. The molecule has 130 valence electrons. The molecule has 0 radical (unpaired) electrons. The Hall–Kier alpha value is -2.41. The van der Waals surface area contributed by atoms with Crippen molar-refractivity contribution in [3.05, 3.63) is 59.4 Å². The van der Waals surface area contributed by atoms with Gasteiger partial charge >= 0.3 is 0 Å². The molecule has 4 nitrogen and oxygen atoms in total. The number of rotatable bonds is 6. The Morgan fingerprint density at radius 3 is 2.72 bits per heavy atom. The molecule has 7 heteroatoms. The fourth-order valence-corrected chi connectivity index (χ4v) is 3.11. The molecule has 0 bridgehead atoms. The molecule has 2 N–H and O–H groups in total. The molecule has 0 aliphatic heterocycles. The number of hydrogen-bond donors (Lipinski definition) is 2. The van der Waals surface area contributed by atoms with Crippen LogP contribution in [0.5, 0.6) is 0 Å². The van der Waals surface area contributed by atoms with Crippen molar-refractivity contribution in [1.82, 2.24) is 15.3 Å². The molecule has 0 unspecified atom stereocenters. The SMILES string of the molecule is Cc1ccc(SCCNC(=O)c2ccc3nc(C(F)F)[nH]c3c2)cc1. The van der Waals surface area contributed by atoms with Gasteiger partial charge in [0.05, 0.1) is 11.0 Å². The summed E-state index contributed by atoms with van der Waals surface area (Å²) in [5.74, 6) is 0.123. The molecule has 0 saturated heterocycles. The Morgan fingerprint density at radius 1 is 1.24 bits per heavy atom. The number of aromatic amines is 1. The maximum absolute atomic E-state index is 12.7. The Kier molecular flexibility index (Phi) is 5.33. The van der Waals surface area contributed by atoms with Crippen molar-refractivity contribution in [2.75, 3.05) is 12.3 Å². The van der Waals surface area contributed by atoms with Gasteiger partial charge in [0.25, 0.3) is 12.3 Å². The minimum absolute atomic E-state index is 0.236. The van der Waals surface area contributed by atoms with Crippen LogP contribution in [0.15, 0.2) is 47.4 Å². The average molecular weight is 361 g/mol. The van der Waals surface area contributed by atoms with Crippen molar-refractivity contribution in [3.8, 4) is 0 Å². The second-order valence-corrected chi connectivity index (χ2v) is 6.74. The summed E-state index contributed by atoms with van der Waals surface area (Å²) in [4.78, 5) is 19.7. The molecule has 0 spiro atoms. The van der Waals surface area contributed by atoms with Crippen LogP contribution in [-0.2, 0) is 0 Å². The van der Waals surface area contributed by atoms with Gasteiger partial charge in [-0.15, -0.1) is 11.8 Å². The van der Waals surface area contributed by atoms with E-state index in [2.05, 4.69) is 27.4 Å². The summed E-state index contributed by atoms with van der Waals surface area (Å²) < 4.78 is 25.3. The van der Waals surface area contributed by atoms with Crippen LogP contribution >= 0.6 is 11.8 Å². The molecular formula is C18H17F2N3OS. The van der Waals surface area contributed by atoms with Crippen molar-refractivity contribution >= 4 is 28.7 Å². The average Bonchev–Trinajstić information content (AvgIpc) is 3.03. The number of carbonyl (C=O) groups is 1. The van der Waals surface area contributed by atoms with Crippen molar-refractivity contribution in [2.24, 2.45) is 0 Å². The highest BCUT2D eigenvalue weighted by Crippen LogP contribution is 2.21. The summed E-state index contributed by atoms with van der Waals surface area (Å²) in [7, 11) is 0. The van der Waals surface area contributed by atoms with Crippen LogP contribution in [0.25, 0.3) is 11.0 Å². The number of imidazole rings is 1. The molecule has 3 aromatic rings. The maximum atomic E-state index is 12.7. The first-order valence-electron chi connectivity index (χ1n) is 7.78. The van der Waals surface area contributed by atoms with Gasteiger partial charge in [-0.25, -0.2) is 13.8 Å². The van der Waals surface area contributed by atoms with Gasteiger partial charge in [0, 0.05) is 22.8 Å². The summed E-state index contributed by atoms with van der Waals surface area (Å²) in [6.07, 6.45) is -2.66. The molecular weight excluding hydrogens is 344 g/mol. The number of aryl methyl sites for hydroxylation is 1. The monoisotopic (exact) mass is 361 g/mol. The minimum atomic E-state index is -2.66. The van der Waals surface area contributed by atoms with Gasteiger partial charge in [-0.3, -0.25) is 4.79 Å². The molecule has 25 heavy (non-hydrogen) atoms. The number of nitrogens with zero attached hydrogens (tertiary/aromatic N) is 1. The van der Waals surface area contributed by atoms with E-state index in [-0.39, 0.29) is 11.7 Å². The van der Waals surface area contributed by atoms with Crippen molar-refractivity contribution in [2.45, 2.75) is 18.2 Å². The zero-order valence-corrected chi connectivity index (χ0v) is 14.4. The number of H-pyrrole nitrogens is 1. The zero-order valence-electron chi connectivity index (χ0n) is 13.6. The molecule has 2 aromatic carbocycles. The number of halogens is 2. The van der Waals surface area contributed by atoms with Crippen LogP contribution in [-0.4, -0.2) is 28.2 Å². The molecule has 1 aromatic heterocycles. The quantitative estimate of drug-likeness (QED) is 0.507. The second-order valence-electron chi connectivity index (χ2n) is 5.57. The number of thioether (sulfide) groups is 1. The van der Waals surface area contributed by atoms with E-state index in [1.807, 2.05) is 19.1 Å². The summed E-state index contributed by atoms with van der Waals surface area (Å²) in [6, 6.07) is 12.9. The Morgan fingerprint density at radius 2 is 2.00 bits per heavy atom. The van der Waals surface area contributed by atoms with Gasteiger partial charge in [-0.2, -0.15) is 0 Å². The number of alkyl halides is 2. The largest absolute Gasteiger partial charge is 0.351 e. The Labute approximate surface area is 148 Å². The lowest BCUT2D eigenvalue weighted by Crippen LogP contribution is -2.25. The van der Waals surface area contributed by atoms with Gasteiger partial charge in [0.1, 0.15) is 0 Å². The third-order valence-corrected chi connectivity index (χ3v) is 4.66. The molecule has 1 heterocycles. The maximum Gasteiger partial charge on any atom is 0.295 e. The third-order valence-electron chi connectivity index (χ3n) is 3.65. The van der Waals surface area contributed by atoms with E-state index < -0.39 is 6.43 Å². The first kappa shape index (κ1) is 17.4. The predicted molar refractivity (Wildman–Crippen MR) is 95.3 cm³/mol. The van der Waals surface area contributed by atoms with E-state index in [9.17, 15) is 13.6 Å². The lowest BCUT2D eigenvalue weighted by atomic mass is 10.2. The normalized spacial score (nSPS) is 11.2. The summed E-state index contributed by atoms with van der Waals surface area (Å²) in [5.41, 5.74) is 2.47. The summed E-state index contributed by atoms with van der Waals surface area (Å²) >= 11 is 1.66. The number of amides is 1. The Balaban J connectivity index is 1.55. The highest BCUT2D eigenvalue weighted by Gasteiger charge is 2.14. The van der Waals surface area contributed by atoms with E-state index in [0.29, 0.717) is 23.1 Å². The molecule has 3 rings (SSSR count). The lowest BCUT2D eigenvalue weighted by molar-refractivity contribution is 0.0956. The molecule has 0 aliphatic carbocycles. The van der Waals surface area contributed by atoms with Crippen LogP contribution in [0.3, 0.4) is 0 Å². The lowest BCUT2D eigenvalue weighted by Gasteiger charge is -2.06. The van der Waals surface area contributed by atoms with Crippen molar-refractivity contribution in [1.29, 1.82) is 0 Å². The topological polar surface area (TPSA) is 57.8 Å². The van der Waals surface area contributed by atoms with E-state index >= 15 is 0 Å². The fourth-order valence-electron chi connectivity index (χ4n) is 2.34. The molecule has 0 saturated carbocycles. The van der Waals surface area contributed by atoms with Crippen molar-refractivity contribution in [3.63, 3.8) is 0 Å². The standard InChI is InChI=1S/C18H17F2N3OS/c1-11-2-5-13(6-3-11)25-9-8-21-18(24)12-4-7-14-15(10-12)23-17(22-14)16(19)20/h2-7,10,16H,8-9H2,1H3,(H,21,24)(H,22,23). The smallest absolute Gasteiger partial charge is 0.295 e. The van der Waals surface area contributed by atoms with E-state index in [1.54, 1.807) is 23.9 Å². The summed E-state index contributed by atoms with van der Waals surface area (Å²) in [5, 5.41) is 2.83. The number of benzene rings is 2. The fraction of sp³-hybridized carbons (Fsp3) is 0.222. The van der Waals surface area contributed by atoms with Crippen LogP contribution in [0, 0.1) is 6.92 Å². The number of fused-ring (bicyclic) bond motifs is 1. The summed E-state index contributed by atoms with van der Waals surface area (Å²) in [6.45, 7) is 2.55. The van der Waals surface area contributed by atoms with Gasteiger partial charge in [0.15, 0.2) is 5.82 Å². The third kappa shape index (κ3) is 4.36. The van der Waals surface area contributed by atoms with Gasteiger partial charge in [0.2, 0.25) is 0 Å². The second kappa shape index (κ2) is 7.65. The highest BCUT2D eigenvalue weighted by molar-refractivity contribution is 7.99. The van der Waals surface area contributed by atoms with E-state index in [1.165, 1.54) is 11.6 Å². The van der Waals surface area contributed by atoms with Crippen LogP contribution in [0.4, 0.5) is 8.78 Å². The zero-order chi connectivity index (χ0) is 17.8. The molecule has 1 amide bonds. The van der Waals surface area contributed by atoms with Crippen LogP contribution in [0.1, 0.15) is 28.2 Å². The molecule has 0 fully saturated rings. The first-order valence-corrected chi connectivity index (χ1v) is 8.77. The predicted octanol–water partition coefficient (Wildman–Crippen LogP) is 4.33. The minimum Gasteiger partial charge on any atom is -0.351 e. The first-order chi connectivity index (χ1) is 12.0. The number of hydrogen-bond acceptors (Lipinski definition) is 3. The molecule has 0 atom stereocenters. The van der Waals surface area contributed by atoms with Gasteiger partial charge in [-0.1, -0.05) is 17.7 Å². The molecule has 0 aliphatic rings.